The van der Waals surface area contributed by atoms with Crippen molar-refractivity contribution in [3.8, 4) is 0 Å². The average Bonchev–Trinajstić information content (AvgIpc) is 2.73. The molecule has 0 aliphatic carbocycles. The molecule has 0 aromatic heterocycles. The Hall–Kier alpha value is -0.0231. The van der Waals surface area contributed by atoms with Crippen LogP contribution in [0.3, 0.4) is 0 Å². The van der Waals surface area contributed by atoms with E-state index >= 15 is 0 Å². The van der Waals surface area contributed by atoms with E-state index in [2.05, 4.69) is 0 Å². The Bertz CT molecular complexity index is 316. The third kappa shape index (κ3) is 18.7. The lowest BCUT2D eigenvalue weighted by atomic mass is 10.1. The Kier molecular flexibility index (Phi) is 23.6. The summed E-state index contributed by atoms with van der Waals surface area (Å²) in [5.41, 5.74) is 0. The lowest BCUT2D eigenvalue weighted by Gasteiger charge is -2.28. The minimum Gasteiger partial charge on any atom is -0.379 e. The van der Waals surface area contributed by atoms with E-state index in [-0.39, 0.29) is 0 Å². The number of ether oxygens (including phenoxy) is 3. The average molecular weight is 451 g/mol. The number of unbranched alkanes of at least 4 members (excludes halogenated alkanes) is 8. The van der Waals surface area contributed by atoms with Gasteiger partial charge in [-0.15, -0.1) is 0 Å². The van der Waals surface area contributed by atoms with Gasteiger partial charge < -0.3 is 27.5 Å². The number of hydrogen-bond acceptors (Lipinski definition) is 6. The lowest BCUT2D eigenvalue weighted by Crippen LogP contribution is -2.45. The molecule has 0 rings (SSSR count). The largest absolute Gasteiger partial charge is 0.500 e. The van der Waals surface area contributed by atoms with Gasteiger partial charge in [-0.2, -0.15) is 0 Å². The molecule has 0 aromatic rings. The highest BCUT2D eigenvalue weighted by atomic mass is 28.4. The van der Waals surface area contributed by atoms with Gasteiger partial charge in [0.05, 0.1) is 26.4 Å². The molecule has 182 valence electrons. The van der Waals surface area contributed by atoms with E-state index in [0.717, 1.165) is 32.1 Å². The van der Waals surface area contributed by atoms with Gasteiger partial charge in [-0.3, -0.25) is 0 Å². The number of rotatable bonds is 25. The summed E-state index contributed by atoms with van der Waals surface area (Å²) < 4.78 is 34.0. The summed E-state index contributed by atoms with van der Waals surface area (Å²) in [5, 5.41) is 0. The molecule has 0 saturated heterocycles. The highest BCUT2D eigenvalue weighted by molar-refractivity contribution is 6.60. The van der Waals surface area contributed by atoms with Crippen molar-refractivity contribution in [2.75, 3.05) is 59.5 Å². The van der Waals surface area contributed by atoms with Gasteiger partial charge in [0.25, 0.3) is 0 Å². The zero-order valence-corrected chi connectivity index (χ0v) is 21.4. The second-order valence-electron chi connectivity index (χ2n) is 7.34. The Labute approximate surface area is 187 Å². The van der Waals surface area contributed by atoms with Gasteiger partial charge in [0.15, 0.2) is 0 Å². The predicted octanol–water partition coefficient (Wildman–Crippen LogP) is 5.62. The van der Waals surface area contributed by atoms with Gasteiger partial charge in [0, 0.05) is 39.1 Å². The third-order valence-corrected chi connectivity index (χ3v) is 7.96. The van der Waals surface area contributed by atoms with Crippen molar-refractivity contribution in [2.45, 2.75) is 91.5 Å². The first-order valence-electron chi connectivity index (χ1n) is 12.4. The molecule has 0 heterocycles. The van der Waals surface area contributed by atoms with Crippen LogP contribution in [0, 0.1) is 0 Å². The third-order valence-electron chi connectivity index (χ3n) is 4.81. The topological polar surface area (TPSA) is 55.4 Å². The molecule has 0 unspecified atom stereocenters. The van der Waals surface area contributed by atoms with Gasteiger partial charge in [-0.05, 0) is 40.5 Å². The van der Waals surface area contributed by atoms with E-state index in [1.807, 2.05) is 27.7 Å². The molecule has 6 nitrogen and oxygen atoms in total. The highest BCUT2D eigenvalue weighted by Gasteiger charge is 2.39. The van der Waals surface area contributed by atoms with E-state index in [0.29, 0.717) is 46.2 Å². The second kappa shape index (κ2) is 23.6. The van der Waals surface area contributed by atoms with E-state index < -0.39 is 8.80 Å². The maximum absolute atomic E-state index is 5.92. The van der Waals surface area contributed by atoms with E-state index in [1.54, 1.807) is 0 Å². The molecule has 0 saturated carbocycles. The van der Waals surface area contributed by atoms with Crippen LogP contribution in [-0.4, -0.2) is 68.3 Å². The van der Waals surface area contributed by atoms with Gasteiger partial charge in [-0.1, -0.05) is 44.9 Å². The molecular weight excluding hydrogens is 400 g/mol. The molecule has 0 atom stereocenters. The first-order chi connectivity index (χ1) is 14.7. The van der Waals surface area contributed by atoms with Crippen LogP contribution in [0.25, 0.3) is 0 Å². The summed E-state index contributed by atoms with van der Waals surface area (Å²) >= 11 is 0. The van der Waals surface area contributed by atoms with Crippen LogP contribution in [0.5, 0.6) is 0 Å². The zero-order chi connectivity index (χ0) is 22.2. The lowest BCUT2D eigenvalue weighted by molar-refractivity contribution is 0.0162. The number of hydrogen-bond donors (Lipinski definition) is 0. The van der Waals surface area contributed by atoms with Gasteiger partial charge in [-0.25, -0.2) is 0 Å². The van der Waals surface area contributed by atoms with E-state index in [4.69, 9.17) is 27.5 Å². The van der Waals surface area contributed by atoms with Crippen LogP contribution in [-0.2, 0) is 27.5 Å². The van der Waals surface area contributed by atoms with Crippen molar-refractivity contribution in [3.05, 3.63) is 0 Å². The minimum atomic E-state index is -2.43. The molecule has 0 aliphatic rings. The molecule has 0 N–H and O–H groups in total. The first-order valence-corrected chi connectivity index (χ1v) is 14.3. The quantitative estimate of drug-likeness (QED) is 0.133. The molecule has 0 spiro atoms. The molecule has 0 aromatic carbocycles. The van der Waals surface area contributed by atoms with Crippen molar-refractivity contribution in [1.29, 1.82) is 0 Å². The summed E-state index contributed by atoms with van der Waals surface area (Å²) in [6, 6.07) is 0.945. The monoisotopic (exact) mass is 450 g/mol. The van der Waals surface area contributed by atoms with Crippen molar-refractivity contribution < 1.29 is 27.5 Å². The first kappa shape index (κ1) is 30.0. The summed E-state index contributed by atoms with van der Waals surface area (Å²) in [6.07, 6.45) is 11.4. The fourth-order valence-corrected chi connectivity index (χ4v) is 6.05. The smallest absolute Gasteiger partial charge is 0.379 e. The van der Waals surface area contributed by atoms with Crippen LogP contribution < -0.4 is 0 Å². The molecule has 0 aliphatic heterocycles. The normalized spacial score (nSPS) is 12.0. The van der Waals surface area contributed by atoms with Crippen LogP contribution in [0.15, 0.2) is 0 Å². The van der Waals surface area contributed by atoms with Crippen molar-refractivity contribution in [1.82, 2.24) is 0 Å². The summed E-state index contributed by atoms with van der Waals surface area (Å²) in [6.45, 7) is 14.3. The molecule has 7 heteroatoms. The molecule has 0 amide bonds. The highest BCUT2D eigenvalue weighted by Crippen LogP contribution is 2.21. The zero-order valence-electron chi connectivity index (χ0n) is 20.4. The van der Waals surface area contributed by atoms with E-state index in [1.165, 1.54) is 44.9 Å². The molecule has 0 fully saturated rings. The van der Waals surface area contributed by atoms with Crippen molar-refractivity contribution >= 4 is 8.80 Å². The van der Waals surface area contributed by atoms with E-state index in [9.17, 15) is 0 Å². The maximum Gasteiger partial charge on any atom is 0.500 e. The van der Waals surface area contributed by atoms with Crippen molar-refractivity contribution in [2.24, 2.45) is 0 Å². The van der Waals surface area contributed by atoms with Gasteiger partial charge in [0.2, 0.25) is 0 Å². The summed E-state index contributed by atoms with van der Waals surface area (Å²) in [4.78, 5) is 0. The van der Waals surface area contributed by atoms with Crippen molar-refractivity contribution in [3.63, 3.8) is 0 Å². The Morgan fingerprint density at radius 1 is 0.400 bits per heavy atom. The van der Waals surface area contributed by atoms with Gasteiger partial charge >= 0.3 is 8.80 Å². The van der Waals surface area contributed by atoms with Gasteiger partial charge in [0.1, 0.15) is 0 Å². The summed E-state index contributed by atoms with van der Waals surface area (Å²) in [5.74, 6) is 0. The summed E-state index contributed by atoms with van der Waals surface area (Å²) in [7, 11) is -2.43. The van der Waals surface area contributed by atoms with Crippen LogP contribution in [0.4, 0.5) is 0 Å². The Balaban J connectivity index is 3.41. The fraction of sp³-hybridized carbons (Fsp3) is 1.00. The second-order valence-corrected chi connectivity index (χ2v) is 10.1. The SMILES string of the molecule is CCOCCOCCOCCCCCCCCCCC[Si](OCC)(OCC)OCC. The maximum atomic E-state index is 5.92. The predicted molar refractivity (Wildman–Crippen MR) is 125 cm³/mol. The minimum absolute atomic E-state index is 0.658. The molecule has 30 heavy (non-hydrogen) atoms. The Morgan fingerprint density at radius 2 is 0.800 bits per heavy atom. The molecule has 0 radical (unpaired) electrons. The Morgan fingerprint density at radius 3 is 1.27 bits per heavy atom. The molecule has 0 bridgehead atoms. The van der Waals surface area contributed by atoms with Crippen LogP contribution >= 0.6 is 0 Å². The van der Waals surface area contributed by atoms with Crippen LogP contribution in [0.2, 0.25) is 6.04 Å². The standard InChI is InChI=1S/C23H50O6Si/c1-5-24-19-20-26-22-21-25-18-16-14-12-10-9-11-13-15-17-23-30(27-6-2,28-7-3)29-8-4/h5-23H2,1-4H3. The molecular formula is C23H50O6Si. The fourth-order valence-electron chi connectivity index (χ4n) is 3.37. The van der Waals surface area contributed by atoms with Crippen LogP contribution in [0.1, 0.15) is 85.5 Å².